The molecule has 1 fully saturated rings. The van der Waals surface area contributed by atoms with Gasteiger partial charge in [-0.05, 0) is 36.6 Å². The van der Waals surface area contributed by atoms with Crippen LogP contribution < -0.4 is 5.32 Å². The highest BCUT2D eigenvalue weighted by atomic mass is 16.3. The third-order valence-electron chi connectivity index (χ3n) is 4.65. The molecule has 4 nitrogen and oxygen atoms in total. The van der Waals surface area contributed by atoms with Gasteiger partial charge in [-0.25, -0.2) is 0 Å². The van der Waals surface area contributed by atoms with E-state index in [1.54, 1.807) is 12.1 Å². The summed E-state index contributed by atoms with van der Waals surface area (Å²) in [5.41, 5.74) is 2.65. The number of para-hydroxylation sites is 1. The van der Waals surface area contributed by atoms with E-state index in [1.807, 2.05) is 0 Å². The molecule has 1 aliphatic rings. The molecular weight excluding hydrogens is 276 g/mol. The molecule has 1 amide bonds. The smallest absolute Gasteiger partial charge is 0.287 e. The van der Waals surface area contributed by atoms with Crippen molar-refractivity contribution in [2.45, 2.75) is 18.3 Å². The van der Waals surface area contributed by atoms with Crippen molar-refractivity contribution >= 4 is 16.8 Å². The van der Waals surface area contributed by atoms with Gasteiger partial charge in [0.15, 0.2) is 5.76 Å². The summed E-state index contributed by atoms with van der Waals surface area (Å²) in [5, 5.41) is 4.31. The van der Waals surface area contributed by atoms with Crippen molar-refractivity contribution in [2.75, 3.05) is 6.54 Å². The van der Waals surface area contributed by atoms with Crippen LogP contribution in [-0.4, -0.2) is 17.0 Å². The maximum Gasteiger partial charge on any atom is 0.287 e. The molecule has 1 N–H and O–H groups in total. The molecule has 0 atom stereocenters. The minimum atomic E-state index is -0.142. The highest BCUT2D eigenvalue weighted by Crippen LogP contribution is 2.50. The summed E-state index contributed by atoms with van der Waals surface area (Å²) in [6, 6.07) is 11.8. The Morgan fingerprint density at radius 2 is 2.09 bits per heavy atom. The number of nitrogens with one attached hydrogen (secondary N) is 1. The van der Waals surface area contributed by atoms with Gasteiger partial charge in [-0.15, -0.1) is 0 Å². The van der Waals surface area contributed by atoms with Crippen LogP contribution in [0.1, 0.15) is 29.0 Å². The minimum absolute atomic E-state index is 0.0725. The monoisotopic (exact) mass is 294 g/mol. The topological polar surface area (TPSA) is 47.2 Å². The maximum atomic E-state index is 12.1. The molecule has 1 aliphatic carbocycles. The highest BCUT2D eigenvalue weighted by molar-refractivity contribution is 5.91. The van der Waals surface area contributed by atoms with E-state index in [4.69, 9.17) is 4.42 Å². The maximum absolute atomic E-state index is 12.1. The summed E-state index contributed by atoms with van der Waals surface area (Å²) in [6.45, 7) is 0.653. The summed E-state index contributed by atoms with van der Waals surface area (Å²) < 4.78 is 7.31. The molecule has 1 saturated carbocycles. The molecule has 0 bridgehead atoms. The lowest BCUT2D eigenvalue weighted by Crippen LogP contribution is -2.31. The summed E-state index contributed by atoms with van der Waals surface area (Å²) in [4.78, 5) is 12.1. The number of hydrogen-bond donors (Lipinski definition) is 1. The van der Waals surface area contributed by atoms with Gasteiger partial charge in [-0.1, -0.05) is 18.2 Å². The number of aromatic nitrogens is 1. The van der Waals surface area contributed by atoms with Crippen LogP contribution in [0.2, 0.25) is 0 Å². The van der Waals surface area contributed by atoms with E-state index in [1.165, 1.54) is 22.7 Å². The molecule has 4 heteroatoms. The number of furan rings is 1. The predicted molar refractivity (Wildman–Crippen MR) is 84.9 cm³/mol. The van der Waals surface area contributed by atoms with E-state index in [9.17, 15) is 4.79 Å². The van der Waals surface area contributed by atoms with Crippen LogP contribution in [0.25, 0.3) is 10.9 Å². The van der Waals surface area contributed by atoms with Gasteiger partial charge in [-0.2, -0.15) is 0 Å². The van der Waals surface area contributed by atoms with Crippen LogP contribution in [-0.2, 0) is 12.5 Å². The normalized spacial score (nSPS) is 15.9. The Labute approximate surface area is 128 Å². The molecule has 0 saturated heterocycles. The van der Waals surface area contributed by atoms with Crippen molar-refractivity contribution in [3.8, 4) is 0 Å². The molecule has 22 heavy (non-hydrogen) atoms. The number of aryl methyl sites for hydroxylation is 1. The zero-order valence-electron chi connectivity index (χ0n) is 12.5. The van der Waals surface area contributed by atoms with Crippen LogP contribution >= 0.6 is 0 Å². The van der Waals surface area contributed by atoms with Gasteiger partial charge < -0.3 is 14.3 Å². The van der Waals surface area contributed by atoms with Crippen LogP contribution in [0.3, 0.4) is 0 Å². The summed E-state index contributed by atoms with van der Waals surface area (Å²) >= 11 is 0. The van der Waals surface area contributed by atoms with Gasteiger partial charge in [0.1, 0.15) is 0 Å². The number of carbonyl (C=O) groups is 1. The first-order chi connectivity index (χ1) is 10.7. The SMILES string of the molecule is Cn1cc(C2(CNC(=O)c3ccco3)CC2)c2ccccc21. The summed E-state index contributed by atoms with van der Waals surface area (Å²) in [6.07, 6.45) is 5.95. The zero-order valence-corrected chi connectivity index (χ0v) is 12.5. The van der Waals surface area contributed by atoms with Gasteiger partial charge in [-0.3, -0.25) is 4.79 Å². The molecule has 0 spiro atoms. The average Bonchev–Trinajstić information content (AvgIpc) is 2.98. The van der Waals surface area contributed by atoms with Gasteiger partial charge in [0.05, 0.1) is 6.26 Å². The van der Waals surface area contributed by atoms with Crippen molar-refractivity contribution in [3.63, 3.8) is 0 Å². The fourth-order valence-electron chi connectivity index (χ4n) is 3.20. The van der Waals surface area contributed by atoms with E-state index in [2.05, 4.69) is 47.4 Å². The highest BCUT2D eigenvalue weighted by Gasteiger charge is 2.46. The van der Waals surface area contributed by atoms with E-state index in [-0.39, 0.29) is 11.3 Å². The summed E-state index contributed by atoms with van der Waals surface area (Å²) in [5.74, 6) is 0.227. The second-order valence-corrected chi connectivity index (χ2v) is 6.11. The third kappa shape index (κ3) is 2.03. The first-order valence-electron chi connectivity index (χ1n) is 7.56. The Morgan fingerprint density at radius 3 is 2.82 bits per heavy atom. The second kappa shape index (κ2) is 4.77. The Morgan fingerprint density at radius 1 is 1.27 bits per heavy atom. The van der Waals surface area contributed by atoms with E-state index in [0.717, 1.165) is 12.8 Å². The van der Waals surface area contributed by atoms with Crippen molar-refractivity contribution in [1.82, 2.24) is 9.88 Å². The Balaban J connectivity index is 1.60. The lowest BCUT2D eigenvalue weighted by atomic mass is 9.95. The van der Waals surface area contributed by atoms with Gasteiger partial charge in [0.25, 0.3) is 5.91 Å². The van der Waals surface area contributed by atoms with Crippen LogP contribution in [0.5, 0.6) is 0 Å². The molecule has 3 aromatic rings. The fraction of sp³-hybridized carbons (Fsp3) is 0.278. The molecule has 0 radical (unpaired) electrons. The van der Waals surface area contributed by atoms with E-state index in [0.29, 0.717) is 12.3 Å². The number of fused-ring (bicyclic) bond motifs is 1. The Bertz CT molecular complexity index is 826. The van der Waals surface area contributed by atoms with E-state index < -0.39 is 0 Å². The Kier molecular flexibility index (Phi) is 2.86. The third-order valence-corrected chi connectivity index (χ3v) is 4.65. The number of carbonyl (C=O) groups excluding carboxylic acids is 1. The molecule has 1 aromatic carbocycles. The fourth-order valence-corrected chi connectivity index (χ4v) is 3.20. The number of amides is 1. The molecule has 0 unspecified atom stereocenters. The molecular formula is C18H18N2O2. The molecule has 2 heterocycles. The minimum Gasteiger partial charge on any atom is -0.459 e. The molecule has 2 aromatic heterocycles. The summed E-state index contributed by atoms with van der Waals surface area (Å²) in [7, 11) is 2.07. The number of nitrogens with zero attached hydrogens (tertiary/aromatic N) is 1. The number of benzene rings is 1. The standard InChI is InChI=1S/C18H18N2O2/c1-20-11-14(13-5-2-3-6-15(13)20)18(8-9-18)12-19-17(21)16-7-4-10-22-16/h2-7,10-11H,8-9,12H2,1H3,(H,19,21). The van der Waals surface area contributed by atoms with Gasteiger partial charge >= 0.3 is 0 Å². The van der Waals surface area contributed by atoms with Crippen molar-refractivity contribution in [1.29, 1.82) is 0 Å². The van der Waals surface area contributed by atoms with Crippen molar-refractivity contribution < 1.29 is 9.21 Å². The second-order valence-electron chi connectivity index (χ2n) is 6.11. The number of hydrogen-bond acceptors (Lipinski definition) is 2. The quantitative estimate of drug-likeness (QED) is 0.803. The molecule has 112 valence electrons. The number of rotatable bonds is 4. The first-order valence-corrected chi connectivity index (χ1v) is 7.56. The lowest BCUT2D eigenvalue weighted by molar-refractivity contribution is 0.0922. The zero-order chi connectivity index (χ0) is 15.2. The largest absolute Gasteiger partial charge is 0.459 e. The molecule has 4 rings (SSSR count). The predicted octanol–water partition coefficient (Wildman–Crippen LogP) is 3.23. The molecule has 0 aliphatic heterocycles. The lowest BCUT2D eigenvalue weighted by Gasteiger charge is -2.15. The van der Waals surface area contributed by atoms with Gasteiger partial charge in [0, 0.05) is 36.1 Å². The Hall–Kier alpha value is -2.49. The van der Waals surface area contributed by atoms with Crippen LogP contribution in [0, 0.1) is 0 Å². The van der Waals surface area contributed by atoms with Crippen molar-refractivity contribution in [3.05, 3.63) is 60.2 Å². The average molecular weight is 294 g/mol. The van der Waals surface area contributed by atoms with E-state index >= 15 is 0 Å². The van der Waals surface area contributed by atoms with Crippen LogP contribution in [0.15, 0.2) is 53.3 Å². The van der Waals surface area contributed by atoms with Crippen molar-refractivity contribution in [2.24, 2.45) is 7.05 Å². The van der Waals surface area contributed by atoms with Gasteiger partial charge in [0.2, 0.25) is 0 Å². The van der Waals surface area contributed by atoms with Crippen LogP contribution in [0.4, 0.5) is 0 Å². The first kappa shape index (κ1) is 13.2.